The third-order valence-electron chi connectivity index (χ3n) is 4.56. The number of nitrogens with one attached hydrogen (secondary N) is 2. The topological polar surface area (TPSA) is 74.3 Å². The van der Waals surface area contributed by atoms with E-state index >= 15 is 0 Å². The van der Waals surface area contributed by atoms with Gasteiger partial charge in [-0.15, -0.1) is 0 Å². The second kappa shape index (κ2) is 9.65. The summed E-state index contributed by atoms with van der Waals surface area (Å²) < 4.78 is 14.0. The first-order valence-corrected chi connectivity index (χ1v) is 9.59. The summed E-state index contributed by atoms with van der Waals surface area (Å²) in [4.78, 5) is 30.8. The lowest BCUT2D eigenvalue weighted by atomic mass is 10.1. The normalized spacial score (nSPS) is 10.4. The molecule has 0 radical (unpaired) electrons. The van der Waals surface area contributed by atoms with Crippen molar-refractivity contribution in [1.29, 1.82) is 0 Å². The van der Waals surface area contributed by atoms with E-state index in [1.54, 1.807) is 30.3 Å². The number of para-hydroxylation sites is 2. The molecule has 0 unspecified atom stereocenters. The Hall–Kier alpha value is -3.74. The average Bonchev–Trinajstić information content (AvgIpc) is 2.75. The number of amides is 2. The molecule has 3 rings (SSSR count). The number of carbonyl (C=O) groups excluding carboxylic acids is 2. The predicted octanol–water partition coefficient (Wildman–Crippen LogP) is 4.24. The van der Waals surface area contributed by atoms with Gasteiger partial charge < -0.3 is 15.5 Å². The largest absolute Gasteiger partial charge is 0.337 e. The molecule has 2 amide bonds. The van der Waals surface area contributed by atoms with Crippen molar-refractivity contribution < 1.29 is 14.0 Å². The lowest BCUT2D eigenvalue weighted by Gasteiger charge is -2.19. The number of halogens is 1. The minimum atomic E-state index is -0.455. The molecule has 0 saturated carbocycles. The van der Waals surface area contributed by atoms with Crippen molar-refractivity contribution in [1.82, 2.24) is 9.88 Å². The van der Waals surface area contributed by atoms with Crippen molar-refractivity contribution in [2.24, 2.45) is 0 Å². The van der Waals surface area contributed by atoms with Gasteiger partial charge in [0.05, 0.1) is 17.8 Å². The summed E-state index contributed by atoms with van der Waals surface area (Å²) in [6.07, 6.45) is 2.29. The predicted molar refractivity (Wildman–Crippen MR) is 115 cm³/mol. The van der Waals surface area contributed by atoms with Crippen molar-refractivity contribution in [3.63, 3.8) is 0 Å². The maximum Gasteiger partial charge on any atom is 0.257 e. The smallest absolute Gasteiger partial charge is 0.257 e. The molecule has 2 N–H and O–H groups in total. The molecule has 0 fully saturated rings. The molecule has 6 nitrogen and oxygen atoms in total. The van der Waals surface area contributed by atoms with Crippen molar-refractivity contribution in [3.8, 4) is 0 Å². The zero-order valence-corrected chi connectivity index (χ0v) is 16.9. The van der Waals surface area contributed by atoms with Crippen LogP contribution in [0.1, 0.15) is 22.8 Å². The molecule has 0 aliphatic carbocycles. The van der Waals surface area contributed by atoms with Crippen LogP contribution < -0.4 is 10.6 Å². The number of nitrogens with zero attached hydrogens (tertiary/aromatic N) is 2. The number of hydrogen-bond donors (Lipinski definition) is 2. The van der Waals surface area contributed by atoms with E-state index < -0.39 is 11.7 Å². The third kappa shape index (κ3) is 5.00. The lowest BCUT2D eigenvalue weighted by molar-refractivity contribution is -0.116. The van der Waals surface area contributed by atoms with Gasteiger partial charge in [0, 0.05) is 18.9 Å². The van der Waals surface area contributed by atoms with E-state index in [0.29, 0.717) is 0 Å². The fraction of sp³-hybridized carbons (Fsp3) is 0.174. The number of carbonyl (C=O) groups is 2. The van der Waals surface area contributed by atoms with Gasteiger partial charge in [-0.05, 0) is 42.3 Å². The van der Waals surface area contributed by atoms with Gasteiger partial charge in [-0.2, -0.15) is 0 Å². The first-order valence-electron chi connectivity index (χ1n) is 9.59. The number of anilines is 3. The van der Waals surface area contributed by atoms with E-state index in [0.717, 1.165) is 17.7 Å². The van der Waals surface area contributed by atoms with E-state index in [1.165, 1.54) is 24.2 Å². The Labute approximate surface area is 174 Å². The molecule has 154 valence electrons. The Kier molecular flexibility index (Phi) is 6.75. The van der Waals surface area contributed by atoms with E-state index in [2.05, 4.69) is 15.6 Å². The molecule has 7 heteroatoms. The molecule has 1 aromatic heterocycles. The van der Waals surface area contributed by atoms with E-state index in [9.17, 15) is 14.0 Å². The molecule has 3 aromatic rings. The summed E-state index contributed by atoms with van der Waals surface area (Å²) >= 11 is 0. The number of rotatable bonds is 7. The average molecular weight is 406 g/mol. The maximum absolute atomic E-state index is 14.0. The molecular weight excluding hydrogens is 383 g/mol. The molecule has 30 heavy (non-hydrogen) atoms. The van der Waals surface area contributed by atoms with Crippen LogP contribution >= 0.6 is 0 Å². The fourth-order valence-corrected chi connectivity index (χ4v) is 3.00. The van der Waals surface area contributed by atoms with Crippen molar-refractivity contribution >= 4 is 29.0 Å². The summed E-state index contributed by atoms with van der Waals surface area (Å²) in [5.41, 5.74) is 2.20. The monoisotopic (exact) mass is 406 g/mol. The molecule has 0 aliphatic heterocycles. The zero-order chi connectivity index (χ0) is 21.5. The maximum atomic E-state index is 14.0. The van der Waals surface area contributed by atoms with Gasteiger partial charge >= 0.3 is 0 Å². The van der Waals surface area contributed by atoms with Gasteiger partial charge in [-0.3, -0.25) is 9.59 Å². The number of likely N-dealkylation sites (N-methyl/N-ethyl adjacent to an activating group) is 1. The van der Waals surface area contributed by atoms with Gasteiger partial charge in [-0.1, -0.05) is 37.3 Å². The number of benzene rings is 2. The van der Waals surface area contributed by atoms with Crippen molar-refractivity contribution in [2.45, 2.75) is 13.3 Å². The summed E-state index contributed by atoms with van der Waals surface area (Å²) in [6, 6.07) is 16.9. The standard InChI is InChI=1S/C23H23FN4O2/c1-3-16-9-4-6-12-19(16)26-21(29)15-28(2)23(30)17-10-8-14-25-22(17)27-20-13-7-5-11-18(20)24/h4-14H,3,15H2,1-2H3,(H,25,27)(H,26,29). The minimum absolute atomic E-state index is 0.134. The van der Waals surface area contributed by atoms with Crippen LogP contribution in [0.2, 0.25) is 0 Å². The summed E-state index contributed by atoms with van der Waals surface area (Å²) in [6.45, 7) is 1.87. The molecular formula is C23H23FN4O2. The van der Waals surface area contributed by atoms with Crippen LogP contribution in [0.15, 0.2) is 66.9 Å². The molecule has 0 saturated heterocycles. The Morgan fingerprint density at radius 3 is 2.43 bits per heavy atom. The Balaban J connectivity index is 1.72. The van der Waals surface area contributed by atoms with E-state index in [-0.39, 0.29) is 29.5 Å². The molecule has 0 aliphatic rings. The van der Waals surface area contributed by atoms with Gasteiger partial charge in [0.1, 0.15) is 11.6 Å². The van der Waals surface area contributed by atoms with Crippen LogP contribution in [0.5, 0.6) is 0 Å². The highest BCUT2D eigenvalue weighted by Crippen LogP contribution is 2.22. The number of aromatic nitrogens is 1. The van der Waals surface area contributed by atoms with Crippen LogP contribution in [-0.2, 0) is 11.2 Å². The molecule has 2 aromatic carbocycles. The summed E-state index contributed by atoms with van der Waals surface area (Å²) in [5, 5.41) is 5.70. The Morgan fingerprint density at radius 2 is 1.70 bits per heavy atom. The fourth-order valence-electron chi connectivity index (χ4n) is 3.00. The third-order valence-corrected chi connectivity index (χ3v) is 4.56. The van der Waals surface area contributed by atoms with Crippen LogP contribution in [0.4, 0.5) is 21.6 Å². The number of pyridine rings is 1. The second-order valence-corrected chi connectivity index (χ2v) is 6.72. The van der Waals surface area contributed by atoms with Gasteiger partial charge in [0.15, 0.2) is 0 Å². The van der Waals surface area contributed by atoms with E-state index in [4.69, 9.17) is 0 Å². The molecule has 0 atom stereocenters. The molecule has 0 spiro atoms. The van der Waals surface area contributed by atoms with Crippen LogP contribution in [0, 0.1) is 5.82 Å². The highest BCUT2D eigenvalue weighted by molar-refractivity contribution is 6.02. The van der Waals surface area contributed by atoms with Crippen LogP contribution in [0.3, 0.4) is 0 Å². The SMILES string of the molecule is CCc1ccccc1NC(=O)CN(C)C(=O)c1cccnc1Nc1ccccc1F. The summed E-state index contributed by atoms with van der Waals surface area (Å²) in [7, 11) is 1.54. The first kappa shape index (κ1) is 21.0. The van der Waals surface area contributed by atoms with Crippen molar-refractivity contribution in [3.05, 3.63) is 83.8 Å². The van der Waals surface area contributed by atoms with Crippen LogP contribution in [-0.4, -0.2) is 35.3 Å². The zero-order valence-electron chi connectivity index (χ0n) is 16.9. The molecule has 0 bridgehead atoms. The van der Waals surface area contributed by atoms with Gasteiger partial charge in [0.25, 0.3) is 5.91 Å². The van der Waals surface area contributed by atoms with Crippen molar-refractivity contribution in [2.75, 3.05) is 24.2 Å². The Morgan fingerprint density at radius 1 is 1.00 bits per heavy atom. The highest BCUT2D eigenvalue weighted by atomic mass is 19.1. The highest BCUT2D eigenvalue weighted by Gasteiger charge is 2.20. The number of hydrogen-bond acceptors (Lipinski definition) is 4. The van der Waals surface area contributed by atoms with Gasteiger partial charge in [-0.25, -0.2) is 9.37 Å². The second-order valence-electron chi connectivity index (χ2n) is 6.72. The minimum Gasteiger partial charge on any atom is -0.337 e. The number of aryl methyl sites for hydroxylation is 1. The quantitative estimate of drug-likeness (QED) is 0.616. The molecule has 1 heterocycles. The summed E-state index contributed by atoms with van der Waals surface area (Å²) in [5.74, 6) is -0.944. The first-order chi connectivity index (χ1) is 14.5. The van der Waals surface area contributed by atoms with E-state index in [1.807, 2.05) is 31.2 Å². The van der Waals surface area contributed by atoms with Crippen LogP contribution in [0.25, 0.3) is 0 Å². The Bertz CT molecular complexity index is 1050. The van der Waals surface area contributed by atoms with Gasteiger partial charge in [0.2, 0.25) is 5.91 Å². The lowest BCUT2D eigenvalue weighted by Crippen LogP contribution is -2.35.